The summed E-state index contributed by atoms with van der Waals surface area (Å²) >= 11 is 0. The number of carbonyl (C=O) groups is 1. The molecule has 1 aromatic carbocycles. The summed E-state index contributed by atoms with van der Waals surface area (Å²) in [5.41, 5.74) is 0.456. The molecule has 0 aliphatic rings. The first-order valence-electron chi connectivity index (χ1n) is 6.79. The second-order valence-corrected chi connectivity index (χ2v) is 4.83. The van der Waals surface area contributed by atoms with Crippen molar-refractivity contribution in [2.45, 2.75) is 19.1 Å². The van der Waals surface area contributed by atoms with E-state index in [1.54, 1.807) is 0 Å². The molecule has 2 rings (SSSR count). The van der Waals surface area contributed by atoms with Crippen molar-refractivity contribution >= 4 is 11.8 Å². The molecule has 2 aromatic rings. The van der Waals surface area contributed by atoms with Gasteiger partial charge in [-0.15, -0.1) is 0 Å². The molecule has 0 fully saturated rings. The molecule has 0 radical (unpaired) electrons. The van der Waals surface area contributed by atoms with Crippen LogP contribution in [-0.2, 0) is 17.8 Å². The Morgan fingerprint density at radius 3 is 2.73 bits per heavy atom. The van der Waals surface area contributed by atoms with E-state index in [0.29, 0.717) is 6.42 Å². The summed E-state index contributed by atoms with van der Waals surface area (Å²) in [6, 6.07) is 9.48. The molecule has 116 valence electrons. The van der Waals surface area contributed by atoms with Crippen LogP contribution in [0.3, 0.4) is 0 Å². The Bertz CT molecular complexity index is 685. The molecule has 0 amide bonds. The molecule has 0 saturated carbocycles. The van der Waals surface area contributed by atoms with Crippen molar-refractivity contribution in [3.8, 4) is 0 Å². The van der Waals surface area contributed by atoms with E-state index in [1.165, 1.54) is 12.4 Å². The Morgan fingerprint density at radius 1 is 1.32 bits per heavy atom. The highest BCUT2D eigenvalue weighted by atomic mass is 16.4. The SMILES string of the molecule is O=C(O)Cn1ccnc(NC[C@@H](O)Cc2ccccc2)c1=O. The fourth-order valence-electron chi connectivity index (χ4n) is 2.01. The zero-order chi connectivity index (χ0) is 15.9. The number of nitrogens with one attached hydrogen (secondary N) is 1. The lowest BCUT2D eigenvalue weighted by molar-refractivity contribution is -0.137. The van der Waals surface area contributed by atoms with E-state index >= 15 is 0 Å². The number of aliphatic carboxylic acids is 1. The van der Waals surface area contributed by atoms with Crippen LogP contribution in [0.5, 0.6) is 0 Å². The maximum Gasteiger partial charge on any atom is 0.323 e. The smallest absolute Gasteiger partial charge is 0.323 e. The minimum absolute atomic E-state index is 0.0239. The van der Waals surface area contributed by atoms with Gasteiger partial charge in [0.15, 0.2) is 5.82 Å². The summed E-state index contributed by atoms with van der Waals surface area (Å²) < 4.78 is 1.04. The van der Waals surface area contributed by atoms with Crippen LogP contribution in [0.2, 0.25) is 0 Å². The second kappa shape index (κ2) is 7.37. The van der Waals surface area contributed by atoms with Gasteiger partial charge in [-0.2, -0.15) is 0 Å². The van der Waals surface area contributed by atoms with Crippen LogP contribution >= 0.6 is 0 Å². The average Bonchev–Trinajstić information content (AvgIpc) is 2.49. The fourth-order valence-corrected chi connectivity index (χ4v) is 2.01. The Hall–Kier alpha value is -2.67. The van der Waals surface area contributed by atoms with E-state index in [-0.39, 0.29) is 12.4 Å². The van der Waals surface area contributed by atoms with Crippen LogP contribution in [0, 0.1) is 0 Å². The fraction of sp³-hybridized carbons (Fsp3) is 0.267. The van der Waals surface area contributed by atoms with E-state index in [1.807, 2.05) is 30.3 Å². The Balaban J connectivity index is 1.96. The highest BCUT2D eigenvalue weighted by molar-refractivity contribution is 5.66. The van der Waals surface area contributed by atoms with E-state index in [2.05, 4.69) is 10.3 Å². The summed E-state index contributed by atoms with van der Waals surface area (Å²) in [4.78, 5) is 26.5. The lowest BCUT2D eigenvalue weighted by Crippen LogP contribution is -2.30. The molecule has 1 aromatic heterocycles. The van der Waals surface area contributed by atoms with E-state index in [0.717, 1.165) is 10.1 Å². The lowest BCUT2D eigenvalue weighted by atomic mass is 10.1. The van der Waals surface area contributed by atoms with Crippen molar-refractivity contribution in [1.82, 2.24) is 9.55 Å². The standard InChI is InChI=1S/C15H17N3O4/c19-12(8-11-4-2-1-3-5-11)9-17-14-15(22)18(7-6-16-14)10-13(20)21/h1-7,12,19H,8-10H2,(H,16,17)(H,20,21)/t12-/m0/s1. The van der Waals surface area contributed by atoms with Crippen LogP contribution < -0.4 is 10.9 Å². The normalized spacial score (nSPS) is 11.9. The topological polar surface area (TPSA) is 104 Å². The van der Waals surface area contributed by atoms with Crippen molar-refractivity contribution in [3.63, 3.8) is 0 Å². The van der Waals surface area contributed by atoms with Gasteiger partial charge < -0.3 is 15.5 Å². The molecule has 0 unspecified atom stereocenters. The summed E-state index contributed by atoms with van der Waals surface area (Å²) in [5.74, 6) is -1.08. The van der Waals surface area contributed by atoms with Gasteiger partial charge in [0.2, 0.25) is 0 Å². The molecule has 0 aliphatic heterocycles. The molecule has 7 heteroatoms. The monoisotopic (exact) mass is 303 g/mol. The van der Waals surface area contributed by atoms with Gasteiger partial charge in [0.05, 0.1) is 6.10 Å². The Morgan fingerprint density at radius 2 is 2.05 bits per heavy atom. The van der Waals surface area contributed by atoms with Gasteiger partial charge in [-0.1, -0.05) is 30.3 Å². The summed E-state index contributed by atoms with van der Waals surface area (Å²) in [7, 11) is 0. The minimum atomic E-state index is -1.11. The maximum absolute atomic E-state index is 12.0. The zero-order valence-electron chi connectivity index (χ0n) is 11.8. The number of nitrogens with zero attached hydrogens (tertiary/aromatic N) is 2. The molecule has 3 N–H and O–H groups in total. The van der Waals surface area contributed by atoms with Gasteiger partial charge in [0, 0.05) is 25.4 Å². The molecule has 22 heavy (non-hydrogen) atoms. The Labute approximate surface area is 126 Å². The number of aromatic nitrogens is 2. The van der Waals surface area contributed by atoms with Crippen molar-refractivity contribution in [1.29, 1.82) is 0 Å². The van der Waals surface area contributed by atoms with Crippen LogP contribution in [0.4, 0.5) is 5.82 Å². The summed E-state index contributed by atoms with van der Waals surface area (Å²) in [6.07, 6.45) is 2.42. The molecule has 0 spiro atoms. The first-order valence-corrected chi connectivity index (χ1v) is 6.79. The van der Waals surface area contributed by atoms with Crippen molar-refractivity contribution in [2.75, 3.05) is 11.9 Å². The molecular formula is C15H17N3O4. The van der Waals surface area contributed by atoms with Gasteiger partial charge in [0.1, 0.15) is 6.54 Å². The maximum atomic E-state index is 12.0. The zero-order valence-corrected chi connectivity index (χ0v) is 11.8. The largest absolute Gasteiger partial charge is 0.480 e. The lowest BCUT2D eigenvalue weighted by Gasteiger charge is -2.12. The predicted octanol–water partition coefficient (Wildman–Crippen LogP) is 0.343. The third kappa shape index (κ3) is 4.42. The van der Waals surface area contributed by atoms with Gasteiger partial charge in [-0.3, -0.25) is 14.2 Å². The summed E-state index contributed by atoms with van der Waals surface area (Å²) in [5, 5.41) is 21.5. The predicted molar refractivity (Wildman–Crippen MR) is 80.8 cm³/mol. The van der Waals surface area contributed by atoms with Gasteiger partial charge in [0.25, 0.3) is 5.56 Å². The molecule has 1 heterocycles. The van der Waals surface area contributed by atoms with Crippen LogP contribution in [0.1, 0.15) is 5.56 Å². The van der Waals surface area contributed by atoms with Gasteiger partial charge in [-0.05, 0) is 5.56 Å². The van der Waals surface area contributed by atoms with Crippen molar-refractivity contribution in [3.05, 3.63) is 58.6 Å². The van der Waals surface area contributed by atoms with Crippen molar-refractivity contribution in [2.24, 2.45) is 0 Å². The van der Waals surface area contributed by atoms with E-state index in [9.17, 15) is 14.7 Å². The number of aliphatic hydroxyl groups excluding tert-OH is 1. The van der Waals surface area contributed by atoms with E-state index < -0.39 is 24.2 Å². The quantitative estimate of drug-likeness (QED) is 0.681. The van der Waals surface area contributed by atoms with E-state index in [4.69, 9.17) is 5.11 Å². The van der Waals surface area contributed by atoms with Crippen LogP contribution in [0.25, 0.3) is 0 Å². The molecular weight excluding hydrogens is 286 g/mol. The molecule has 0 bridgehead atoms. The van der Waals surface area contributed by atoms with Crippen LogP contribution in [0.15, 0.2) is 47.5 Å². The first-order chi connectivity index (χ1) is 10.6. The Kier molecular flexibility index (Phi) is 5.26. The number of carboxylic acids is 1. The number of benzene rings is 1. The third-order valence-electron chi connectivity index (χ3n) is 3.04. The first kappa shape index (κ1) is 15.7. The third-order valence-corrected chi connectivity index (χ3v) is 3.04. The molecule has 1 atom stereocenters. The number of aliphatic hydroxyl groups is 1. The van der Waals surface area contributed by atoms with Crippen LogP contribution in [-0.4, -0.2) is 38.4 Å². The van der Waals surface area contributed by atoms with Gasteiger partial charge in [-0.25, -0.2) is 4.98 Å². The minimum Gasteiger partial charge on any atom is -0.480 e. The number of carboxylic acid groups (broad SMARTS) is 1. The highest BCUT2D eigenvalue weighted by Gasteiger charge is 2.10. The number of rotatable bonds is 7. The number of hydrogen-bond acceptors (Lipinski definition) is 5. The van der Waals surface area contributed by atoms with Crippen molar-refractivity contribution < 1.29 is 15.0 Å². The number of anilines is 1. The second-order valence-electron chi connectivity index (χ2n) is 4.83. The average molecular weight is 303 g/mol. The molecule has 7 nitrogen and oxygen atoms in total. The highest BCUT2D eigenvalue weighted by Crippen LogP contribution is 2.03. The molecule has 0 aliphatic carbocycles. The number of hydrogen-bond donors (Lipinski definition) is 3. The molecule has 0 saturated heterocycles. The van der Waals surface area contributed by atoms with Gasteiger partial charge >= 0.3 is 5.97 Å². The summed E-state index contributed by atoms with van der Waals surface area (Å²) in [6.45, 7) is -0.281.